The van der Waals surface area contributed by atoms with Gasteiger partial charge in [0.2, 0.25) is 5.91 Å². The summed E-state index contributed by atoms with van der Waals surface area (Å²) in [5.41, 5.74) is 3.98. The molecule has 5 heteroatoms. The number of nitrogens with one attached hydrogen (secondary N) is 1. The highest BCUT2D eigenvalue weighted by Gasteiger charge is 2.25. The van der Waals surface area contributed by atoms with Gasteiger partial charge in [0.1, 0.15) is 5.82 Å². The zero-order valence-electron chi connectivity index (χ0n) is 13.9. The molecule has 1 aliphatic rings. The zero-order chi connectivity index (χ0) is 17.2. The second-order valence-electron chi connectivity index (χ2n) is 6.62. The Kier molecular flexibility index (Phi) is 4.22. The third-order valence-electron chi connectivity index (χ3n) is 4.94. The summed E-state index contributed by atoms with van der Waals surface area (Å²) in [4.78, 5) is 22.2. The van der Waals surface area contributed by atoms with Crippen LogP contribution in [0.25, 0.3) is 11.0 Å². The molecule has 1 saturated heterocycles. The molecule has 1 amide bonds. The fourth-order valence-electron chi connectivity index (χ4n) is 3.57. The number of carbonyl (C=O) groups excluding carboxylic acids is 1. The van der Waals surface area contributed by atoms with Crippen molar-refractivity contribution in [3.05, 3.63) is 65.7 Å². The molecule has 0 spiro atoms. The fourth-order valence-corrected chi connectivity index (χ4v) is 3.57. The number of aromatic amines is 1. The van der Waals surface area contributed by atoms with E-state index >= 15 is 0 Å². The number of likely N-dealkylation sites (tertiary alicyclic amines) is 1. The summed E-state index contributed by atoms with van der Waals surface area (Å²) in [6.45, 7) is 1.48. The number of benzene rings is 1. The van der Waals surface area contributed by atoms with Gasteiger partial charge in [-0.3, -0.25) is 9.78 Å². The van der Waals surface area contributed by atoms with Gasteiger partial charge in [-0.1, -0.05) is 12.1 Å². The van der Waals surface area contributed by atoms with E-state index in [4.69, 9.17) is 0 Å². The number of hydrogen-bond acceptors (Lipinski definition) is 2. The van der Waals surface area contributed by atoms with Crippen LogP contribution in [0.5, 0.6) is 0 Å². The molecule has 3 aromatic rings. The van der Waals surface area contributed by atoms with Crippen LogP contribution in [0.1, 0.15) is 30.0 Å². The first-order chi connectivity index (χ1) is 12.2. The quantitative estimate of drug-likeness (QED) is 0.793. The van der Waals surface area contributed by atoms with Crippen LogP contribution in [0, 0.1) is 5.82 Å². The Labute approximate surface area is 145 Å². The van der Waals surface area contributed by atoms with Crippen molar-refractivity contribution in [2.45, 2.75) is 25.2 Å². The number of rotatable bonds is 3. The van der Waals surface area contributed by atoms with Crippen molar-refractivity contribution in [2.24, 2.45) is 0 Å². The Hall–Kier alpha value is -2.69. The topological polar surface area (TPSA) is 49.0 Å². The Balaban J connectivity index is 1.38. The monoisotopic (exact) mass is 337 g/mol. The van der Waals surface area contributed by atoms with Crippen LogP contribution in [0.15, 0.2) is 48.7 Å². The second-order valence-corrected chi connectivity index (χ2v) is 6.62. The SMILES string of the molecule is O=C(Cc1cccc(F)c1)N1CCC(c2cc3ncccc3[nH]2)CC1. The average molecular weight is 337 g/mol. The highest BCUT2D eigenvalue weighted by molar-refractivity contribution is 5.79. The molecule has 1 aromatic carbocycles. The number of amides is 1. The fraction of sp³-hybridized carbons (Fsp3) is 0.300. The van der Waals surface area contributed by atoms with Gasteiger partial charge in [0, 0.05) is 30.9 Å². The van der Waals surface area contributed by atoms with Gasteiger partial charge in [0.25, 0.3) is 0 Å². The first-order valence-corrected chi connectivity index (χ1v) is 8.65. The van der Waals surface area contributed by atoms with E-state index < -0.39 is 0 Å². The van der Waals surface area contributed by atoms with Crippen LogP contribution in [0.4, 0.5) is 4.39 Å². The van der Waals surface area contributed by atoms with Gasteiger partial charge >= 0.3 is 0 Å². The van der Waals surface area contributed by atoms with Gasteiger partial charge in [-0.25, -0.2) is 4.39 Å². The summed E-state index contributed by atoms with van der Waals surface area (Å²) in [6.07, 6.45) is 3.93. The lowest BCUT2D eigenvalue weighted by molar-refractivity contribution is -0.131. The number of aromatic nitrogens is 2. The molecular weight excluding hydrogens is 317 g/mol. The smallest absolute Gasteiger partial charge is 0.226 e. The predicted molar refractivity (Wildman–Crippen MR) is 94.8 cm³/mol. The maximum atomic E-state index is 13.3. The molecule has 0 atom stereocenters. The third-order valence-corrected chi connectivity index (χ3v) is 4.94. The van der Waals surface area contributed by atoms with Crippen LogP contribution in [-0.2, 0) is 11.2 Å². The van der Waals surface area contributed by atoms with Crippen LogP contribution in [-0.4, -0.2) is 33.9 Å². The van der Waals surface area contributed by atoms with Gasteiger partial charge in [-0.15, -0.1) is 0 Å². The van der Waals surface area contributed by atoms with Gasteiger partial charge in [0.15, 0.2) is 0 Å². The number of carbonyl (C=O) groups is 1. The highest BCUT2D eigenvalue weighted by Crippen LogP contribution is 2.29. The molecule has 1 fully saturated rings. The van der Waals surface area contributed by atoms with Crippen molar-refractivity contribution in [2.75, 3.05) is 13.1 Å². The van der Waals surface area contributed by atoms with Crippen molar-refractivity contribution < 1.29 is 9.18 Å². The van der Waals surface area contributed by atoms with E-state index in [0.717, 1.165) is 42.5 Å². The molecule has 1 aliphatic heterocycles. The third kappa shape index (κ3) is 3.40. The molecule has 0 aliphatic carbocycles. The van der Waals surface area contributed by atoms with E-state index in [1.807, 2.05) is 17.0 Å². The zero-order valence-corrected chi connectivity index (χ0v) is 13.9. The summed E-state index contributed by atoms with van der Waals surface area (Å²) < 4.78 is 13.3. The molecule has 0 bridgehead atoms. The minimum Gasteiger partial charge on any atom is -0.357 e. The van der Waals surface area contributed by atoms with Crippen LogP contribution in [0.2, 0.25) is 0 Å². The van der Waals surface area contributed by atoms with Crippen LogP contribution in [0.3, 0.4) is 0 Å². The average Bonchev–Trinajstić information content (AvgIpc) is 3.06. The lowest BCUT2D eigenvalue weighted by Crippen LogP contribution is -2.38. The lowest BCUT2D eigenvalue weighted by atomic mass is 9.93. The molecule has 0 saturated carbocycles. The molecule has 4 nitrogen and oxygen atoms in total. The molecular formula is C20H20FN3O. The summed E-state index contributed by atoms with van der Waals surface area (Å²) in [5.74, 6) is 0.200. The molecule has 0 unspecified atom stereocenters. The van der Waals surface area contributed by atoms with Crippen LogP contribution >= 0.6 is 0 Å². The molecule has 0 radical (unpaired) electrons. The second kappa shape index (κ2) is 6.67. The minimum atomic E-state index is -0.295. The largest absolute Gasteiger partial charge is 0.357 e. The predicted octanol–water partition coefficient (Wildman–Crippen LogP) is 3.65. The van der Waals surface area contributed by atoms with E-state index in [2.05, 4.69) is 16.0 Å². The number of pyridine rings is 1. The Bertz CT molecular complexity index is 864. The van der Waals surface area contributed by atoms with Crippen molar-refractivity contribution in [3.63, 3.8) is 0 Å². The maximum absolute atomic E-state index is 13.3. The number of piperidine rings is 1. The first kappa shape index (κ1) is 15.8. The van der Waals surface area contributed by atoms with E-state index in [1.54, 1.807) is 18.3 Å². The summed E-state index contributed by atoms with van der Waals surface area (Å²) in [7, 11) is 0. The molecule has 4 rings (SSSR count). The highest BCUT2D eigenvalue weighted by atomic mass is 19.1. The molecule has 25 heavy (non-hydrogen) atoms. The van der Waals surface area contributed by atoms with E-state index in [1.165, 1.54) is 17.8 Å². The molecule has 128 valence electrons. The number of halogens is 1. The lowest BCUT2D eigenvalue weighted by Gasteiger charge is -2.31. The number of nitrogens with zero attached hydrogens (tertiary/aromatic N) is 2. The number of H-pyrrole nitrogens is 1. The van der Waals surface area contributed by atoms with Crippen molar-refractivity contribution in [1.29, 1.82) is 0 Å². The van der Waals surface area contributed by atoms with Crippen molar-refractivity contribution >= 4 is 16.9 Å². The Morgan fingerprint density at radius 3 is 2.80 bits per heavy atom. The standard InChI is InChI=1S/C20H20FN3O/c21-16-4-1-3-14(11-16)12-20(25)24-9-6-15(7-10-24)18-13-19-17(23-18)5-2-8-22-19/h1-5,8,11,13,15,23H,6-7,9-10,12H2. The van der Waals surface area contributed by atoms with Crippen LogP contribution < -0.4 is 0 Å². The van der Waals surface area contributed by atoms with E-state index in [0.29, 0.717) is 5.92 Å². The minimum absolute atomic E-state index is 0.0716. The van der Waals surface area contributed by atoms with E-state index in [-0.39, 0.29) is 18.1 Å². The van der Waals surface area contributed by atoms with Crippen molar-refractivity contribution in [3.8, 4) is 0 Å². The first-order valence-electron chi connectivity index (χ1n) is 8.65. The summed E-state index contributed by atoms with van der Waals surface area (Å²) in [5, 5.41) is 0. The normalized spacial score (nSPS) is 15.6. The maximum Gasteiger partial charge on any atom is 0.226 e. The molecule has 1 N–H and O–H groups in total. The number of fused-ring (bicyclic) bond motifs is 1. The summed E-state index contributed by atoms with van der Waals surface area (Å²) in [6, 6.07) is 12.3. The van der Waals surface area contributed by atoms with E-state index in [9.17, 15) is 9.18 Å². The number of hydrogen-bond donors (Lipinski definition) is 1. The van der Waals surface area contributed by atoms with Gasteiger partial charge in [0.05, 0.1) is 17.5 Å². The van der Waals surface area contributed by atoms with Crippen molar-refractivity contribution in [1.82, 2.24) is 14.9 Å². The molecule has 3 heterocycles. The Morgan fingerprint density at radius 1 is 1.20 bits per heavy atom. The Morgan fingerprint density at radius 2 is 2.04 bits per heavy atom. The van der Waals surface area contributed by atoms with Gasteiger partial charge in [-0.05, 0) is 48.7 Å². The van der Waals surface area contributed by atoms with Gasteiger partial charge < -0.3 is 9.88 Å². The summed E-state index contributed by atoms with van der Waals surface area (Å²) >= 11 is 0. The molecule has 2 aromatic heterocycles. The van der Waals surface area contributed by atoms with Gasteiger partial charge in [-0.2, -0.15) is 0 Å².